The molecule has 1 heterocycles. The van der Waals surface area contributed by atoms with E-state index in [1.807, 2.05) is 50.2 Å². The quantitative estimate of drug-likeness (QED) is 0.315. The van der Waals surface area contributed by atoms with Crippen molar-refractivity contribution in [3.05, 3.63) is 81.5 Å². The maximum absolute atomic E-state index is 9.54. The number of rotatable bonds is 10. The van der Waals surface area contributed by atoms with E-state index in [0.29, 0.717) is 53.3 Å². The van der Waals surface area contributed by atoms with Gasteiger partial charge in [-0.05, 0) is 43.2 Å². The van der Waals surface area contributed by atoms with Gasteiger partial charge in [0.15, 0.2) is 17.3 Å². The van der Waals surface area contributed by atoms with Gasteiger partial charge in [0.2, 0.25) is 0 Å². The Hall–Kier alpha value is -3.60. The van der Waals surface area contributed by atoms with Gasteiger partial charge in [-0.3, -0.25) is 5.43 Å². The molecule has 0 atom stereocenters. The largest absolute Gasteiger partial charge is 0.490 e. The van der Waals surface area contributed by atoms with Crippen molar-refractivity contribution in [2.24, 2.45) is 5.10 Å². The van der Waals surface area contributed by atoms with Crippen LogP contribution in [0.3, 0.4) is 0 Å². The molecule has 0 saturated carbocycles. The fourth-order valence-electron chi connectivity index (χ4n) is 3.18. The molecule has 0 aliphatic rings. The standard InChI is InChI=1S/C25H25ClN4O3/c1-4-32-23-12-19(11-22(26)24(23)33-15-18-8-6-5-7-9-18)14-28-30-25-21(13-27)20(16-31-3)10-17(2)29-25/h5-12,14H,4,15-16H2,1-3H3,(H,29,30)/b28-14+. The van der Waals surface area contributed by atoms with Gasteiger partial charge in [0.05, 0.1) is 24.5 Å². The monoisotopic (exact) mass is 464 g/mol. The molecule has 7 nitrogen and oxygen atoms in total. The van der Waals surface area contributed by atoms with Crippen LogP contribution in [-0.2, 0) is 18.0 Å². The molecule has 0 unspecified atom stereocenters. The second-order valence-corrected chi connectivity index (χ2v) is 7.51. The molecule has 2 aromatic carbocycles. The van der Waals surface area contributed by atoms with Crippen LogP contribution >= 0.6 is 11.6 Å². The van der Waals surface area contributed by atoms with E-state index < -0.39 is 0 Å². The Balaban J connectivity index is 1.81. The van der Waals surface area contributed by atoms with Crippen LogP contribution < -0.4 is 14.9 Å². The van der Waals surface area contributed by atoms with Crippen LogP contribution in [0, 0.1) is 18.3 Å². The van der Waals surface area contributed by atoms with Crippen LogP contribution in [0.25, 0.3) is 0 Å². The summed E-state index contributed by atoms with van der Waals surface area (Å²) in [5.74, 6) is 1.36. The number of hydrogen-bond donors (Lipinski definition) is 1. The number of methoxy groups -OCH3 is 1. The molecule has 0 radical (unpaired) electrons. The van der Waals surface area contributed by atoms with Gasteiger partial charge in [0.1, 0.15) is 18.2 Å². The van der Waals surface area contributed by atoms with Crippen LogP contribution in [-0.4, -0.2) is 24.9 Å². The number of nitrogens with one attached hydrogen (secondary N) is 1. The second kappa shape index (κ2) is 11.9. The van der Waals surface area contributed by atoms with E-state index in [1.165, 1.54) is 0 Å². The maximum atomic E-state index is 9.54. The number of aryl methyl sites for hydroxylation is 1. The number of ether oxygens (including phenoxy) is 3. The number of pyridine rings is 1. The average Bonchev–Trinajstić information content (AvgIpc) is 2.79. The average molecular weight is 465 g/mol. The molecule has 0 fully saturated rings. The first-order valence-corrected chi connectivity index (χ1v) is 10.7. The highest BCUT2D eigenvalue weighted by molar-refractivity contribution is 6.32. The first-order valence-electron chi connectivity index (χ1n) is 10.4. The van der Waals surface area contributed by atoms with E-state index in [9.17, 15) is 5.26 Å². The number of nitriles is 1. The van der Waals surface area contributed by atoms with Crippen molar-refractivity contribution in [3.63, 3.8) is 0 Å². The molecular weight excluding hydrogens is 440 g/mol. The number of benzene rings is 2. The van der Waals surface area contributed by atoms with Gasteiger partial charge in [-0.15, -0.1) is 0 Å². The lowest BCUT2D eigenvalue weighted by Gasteiger charge is -2.14. The molecule has 1 N–H and O–H groups in total. The van der Waals surface area contributed by atoms with Crippen LogP contribution in [0.1, 0.15) is 34.9 Å². The summed E-state index contributed by atoms with van der Waals surface area (Å²) in [6.07, 6.45) is 1.58. The Labute approximate surface area is 198 Å². The third-order valence-electron chi connectivity index (χ3n) is 4.58. The molecule has 3 aromatic rings. The van der Waals surface area contributed by atoms with Gasteiger partial charge in [-0.25, -0.2) is 4.98 Å². The predicted octanol–water partition coefficient (Wildman–Crippen LogP) is 5.49. The molecule has 1 aromatic heterocycles. The fraction of sp³-hybridized carbons (Fsp3) is 0.240. The van der Waals surface area contributed by atoms with Crippen molar-refractivity contribution >= 4 is 23.6 Å². The predicted molar refractivity (Wildman–Crippen MR) is 129 cm³/mol. The lowest BCUT2D eigenvalue weighted by Crippen LogP contribution is -2.04. The molecule has 0 aliphatic carbocycles. The normalized spacial score (nSPS) is 10.8. The number of nitrogens with zero attached hydrogens (tertiary/aromatic N) is 3. The summed E-state index contributed by atoms with van der Waals surface area (Å²) in [4.78, 5) is 4.38. The van der Waals surface area contributed by atoms with Gasteiger partial charge in [-0.1, -0.05) is 41.9 Å². The molecule has 170 valence electrons. The minimum Gasteiger partial charge on any atom is -0.490 e. The molecule has 0 aliphatic heterocycles. The van der Waals surface area contributed by atoms with Gasteiger partial charge in [-0.2, -0.15) is 10.4 Å². The fourth-order valence-corrected chi connectivity index (χ4v) is 3.45. The van der Waals surface area contributed by atoms with E-state index in [0.717, 1.165) is 16.8 Å². The molecular formula is C25H25ClN4O3. The number of hydrazone groups is 1. The van der Waals surface area contributed by atoms with E-state index >= 15 is 0 Å². The summed E-state index contributed by atoms with van der Waals surface area (Å²) in [5.41, 5.74) is 6.45. The Morgan fingerprint density at radius 2 is 1.94 bits per heavy atom. The maximum Gasteiger partial charge on any atom is 0.180 e. The lowest BCUT2D eigenvalue weighted by molar-refractivity contribution is 0.184. The summed E-state index contributed by atoms with van der Waals surface area (Å²) >= 11 is 6.50. The van der Waals surface area contributed by atoms with Crippen LogP contribution in [0.5, 0.6) is 11.5 Å². The zero-order valence-electron chi connectivity index (χ0n) is 18.8. The lowest BCUT2D eigenvalue weighted by atomic mass is 10.1. The first kappa shape index (κ1) is 24.1. The summed E-state index contributed by atoms with van der Waals surface area (Å²) in [5, 5.41) is 14.2. The third kappa shape index (κ3) is 6.45. The number of hydrogen-bond acceptors (Lipinski definition) is 7. The van der Waals surface area contributed by atoms with E-state index in [1.54, 1.807) is 25.5 Å². The van der Waals surface area contributed by atoms with Gasteiger partial charge in [0, 0.05) is 18.4 Å². The molecule has 3 rings (SSSR count). The van der Waals surface area contributed by atoms with Crippen LogP contribution in [0.15, 0.2) is 53.6 Å². The SMILES string of the molecule is CCOc1cc(/C=N/Nc2nc(C)cc(COC)c2C#N)cc(Cl)c1OCc1ccccc1. The van der Waals surface area contributed by atoms with Crippen molar-refractivity contribution in [2.45, 2.75) is 27.1 Å². The van der Waals surface area contributed by atoms with Gasteiger partial charge in [0.25, 0.3) is 0 Å². The Kier molecular flexibility index (Phi) is 8.64. The van der Waals surface area contributed by atoms with Crippen molar-refractivity contribution in [1.29, 1.82) is 5.26 Å². The minimum absolute atomic E-state index is 0.308. The van der Waals surface area contributed by atoms with Gasteiger partial charge >= 0.3 is 0 Å². The minimum atomic E-state index is 0.308. The molecule has 0 spiro atoms. The smallest absolute Gasteiger partial charge is 0.180 e. The second-order valence-electron chi connectivity index (χ2n) is 7.10. The van der Waals surface area contributed by atoms with Crippen molar-refractivity contribution < 1.29 is 14.2 Å². The third-order valence-corrected chi connectivity index (χ3v) is 4.86. The Morgan fingerprint density at radius 1 is 1.15 bits per heavy atom. The Morgan fingerprint density at radius 3 is 2.64 bits per heavy atom. The summed E-state index contributed by atoms with van der Waals surface area (Å²) in [6.45, 7) is 4.87. The number of anilines is 1. The first-order chi connectivity index (χ1) is 16.0. The molecule has 0 bridgehead atoms. The molecule has 33 heavy (non-hydrogen) atoms. The van der Waals surface area contributed by atoms with Gasteiger partial charge < -0.3 is 14.2 Å². The number of aromatic nitrogens is 1. The summed E-state index contributed by atoms with van der Waals surface area (Å²) in [6, 6.07) is 17.3. The van der Waals surface area contributed by atoms with E-state index in [4.69, 9.17) is 25.8 Å². The highest BCUT2D eigenvalue weighted by atomic mass is 35.5. The number of halogens is 1. The van der Waals surface area contributed by atoms with Crippen LogP contribution in [0.4, 0.5) is 5.82 Å². The van der Waals surface area contributed by atoms with Crippen LogP contribution in [0.2, 0.25) is 5.02 Å². The van der Waals surface area contributed by atoms with Crippen molar-refractivity contribution in [2.75, 3.05) is 19.1 Å². The molecule has 0 saturated heterocycles. The Bertz CT molecular complexity index is 1160. The highest BCUT2D eigenvalue weighted by Gasteiger charge is 2.13. The topological polar surface area (TPSA) is 88.8 Å². The van der Waals surface area contributed by atoms with Crippen molar-refractivity contribution in [3.8, 4) is 17.6 Å². The zero-order valence-corrected chi connectivity index (χ0v) is 19.5. The molecule has 8 heteroatoms. The van der Waals surface area contributed by atoms with Crippen molar-refractivity contribution in [1.82, 2.24) is 4.98 Å². The summed E-state index contributed by atoms with van der Waals surface area (Å²) in [7, 11) is 1.58. The molecule has 0 amide bonds. The zero-order chi connectivity index (χ0) is 23.6. The summed E-state index contributed by atoms with van der Waals surface area (Å²) < 4.78 is 16.9. The highest BCUT2D eigenvalue weighted by Crippen LogP contribution is 2.37. The van der Waals surface area contributed by atoms with E-state index in [2.05, 4.69) is 21.6 Å². The van der Waals surface area contributed by atoms with E-state index in [-0.39, 0.29) is 0 Å².